The molecule has 0 bridgehead atoms. The lowest BCUT2D eigenvalue weighted by molar-refractivity contribution is 0.492. The van der Waals surface area contributed by atoms with E-state index in [1.807, 2.05) is 36.4 Å². The second-order valence-corrected chi connectivity index (χ2v) is 6.62. The van der Waals surface area contributed by atoms with Gasteiger partial charge >= 0.3 is 0 Å². The van der Waals surface area contributed by atoms with E-state index >= 15 is 0 Å². The minimum Gasteiger partial charge on any atom is -0.439 e. The van der Waals surface area contributed by atoms with E-state index < -0.39 is 7.37 Å². The van der Waals surface area contributed by atoms with E-state index in [9.17, 15) is 4.57 Å². The predicted octanol–water partition coefficient (Wildman–Crippen LogP) is 4.21. The Kier molecular flexibility index (Phi) is 2.34. The van der Waals surface area contributed by atoms with E-state index in [1.165, 1.54) is 0 Å². The van der Waals surface area contributed by atoms with Crippen LogP contribution in [0.5, 0.6) is 5.75 Å². The molecule has 1 atom stereocenters. The summed E-state index contributed by atoms with van der Waals surface area (Å²) in [4.78, 5) is 0. The molecule has 17 heavy (non-hydrogen) atoms. The molecule has 86 valence electrons. The van der Waals surface area contributed by atoms with Gasteiger partial charge in [-0.3, -0.25) is 4.57 Å². The van der Waals surface area contributed by atoms with Crippen LogP contribution in [0.1, 0.15) is 12.0 Å². The molecule has 1 aromatic rings. The first-order chi connectivity index (χ1) is 8.18. The van der Waals surface area contributed by atoms with Crippen molar-refractivity contribution in [2.24, 2.45) is 0 Å². The Morgan fingerprint density at radius 2 is 2.12 bits per heavy atom. The van der Waals surface area contributed by atoms with Gasteiger partial charge in [-0.05, 0) is 24.1 Å². The first-order valence-electron chi connectivity index (χ1n) is 5.63. The van der Waals surface area contributed by atoms with Crippen LogP contribution >= 0.6 is 7.37 Å². The Morgan fingerprint density at radius 1 is 1.29 bits per heavy atom. The SMILES string of the molecule is CP1(=O)Oc2ccccc2C2=CCC=CC=C21. The second kappa shape index (κ2) is 3.75. The summed E-state index contributed by atoms with van der Waals surface area (Å²) in [6.45, 7) is 1.68. The average Bonchev–Trinajstić information content (AvgIpc) is 2.54. The number of hydrogen-bond acceptors (Lipinski definition) is 2. The first-order valence-corrected chi connectivity index (χ1v) is 7.70. The lowest BCUT2D eigenvalue weighted by Crippen LogP contribution is -2.05. The summed E-state index contributed by atoms with van der Waals surface area (Å²) in [5.41, 5.74) is 2.10. The highest BCUT2D eigenvalue weighted by Gasteiger charge is 2.34. The van der Waals surface area contributed by atoms with Crippen molar-refractivity contribution in [1.82, 2.24) is 0 Å². The Bertz CT molecular complexity index is 608. The normalized spacial score (nSPS) is 25.9. The maximum Gasteiger partial charge on any atom is 0.274 e. The molecule has 1 aromatic carbocycles. The van der Waals surface area contributed by atoms with E-state index in [0.29, 0.717) is 0 Å². The van der Waals surface area contributed by atoms with Crippen molar-refractivity contribution in [3.05, 3.63) is 59.4 Å². The summed E-state index contributed by atoms with van der Waals surface area (Å²) in [5.74, 6) is 0.726. The molecule has 3 heteroatoms. The molecule has 0 spiro atoms. The fourth-order valence-electron chi connectivity index (χ4n) is 2.23. The van der Waals surface area contributed by atoms with Gasteiger partial charge in [-0.2, -0.15) is 0 Å². The monoisotopic (exact) mass is 244 g/mol. The van der Waals surface area contributed by atoms with Gasteiger partial charge in [-0.15, -0.1) is 0 Å². The highest BCUT2D eigenvalue weighted by Crippen LogP contribution is 2.61. The molecule has 1 aliphatic carbocycles. The van der Waals surface area contributed by atoms with Gasteiger partial charge in [0.15, 0.2) is 0 Å². The quantitative estimate of drug-likeness (QED) is 0.639. The van der Waals surface area contributed by atoms with E-state index in [0.717, 1.165) is 28.6 Å². The van der Waals surface area contributed by atoms with Gasteiger partial charge < -0.3 is 4.52 Å². The first kappa shape index (κ1) is 10.6. The van der Waals surface area contributed by atoms with Crippen molar-refractivity contribution < 1.29 is 9.09 Å². The van der Waals surface area contributed by atoms with Gasteiger partial charge in [0.2, 0.25) is 0 Å². The van der Waals surface area contributed by atoms with Crippen molar-refractivity contribution in [3.63, 3.8) is 0 Å². The Hall–Kier alpha value is -1.53. The van der Waals surface area contributed by atoms with Crippen LogP contribution in [-0.2, 0) is 4.57 Å². The van der Waals surface area contributed by atoms with Crippen LogP contribution < -0.4 is 4.52 Å². The number of hydrogen-bond donors (Lipinski definition) is 0. The number of para-hydroxylation sites is 1. The van der Waals surface area contributed by atoms with Gasteiger partial charge in [0.1, 0.15) is 5.75 Å². The number of rotatable bonds is 0. The molecule has 1 unspecified atom stereocenters. The fourth-order valence-corrected chi connectivity index (χ4v) is 3.86. The summed E-state index contributed by atoms with van der Waals surface area (Å²) in [7, 11) is -2.74. The van der Waals surface area contributed by atoms with Crippen molar-refractivity contribution >= 4 is 12.9 Å². The largest absolute Gasteiger partial charge is 0.439 e. The van der Waals surface area contributed by atoms with E-state index in [4.69, 9.17) is 4.52 Å². The molecule has 1 heterocycles. The van der Waals surface area contributed by atoms with Crippen LogP contribution in [0.15, 0.2) is 53.9 Å². The summed E-state index contributed by atoms with van der Waals surface area (Å²) in [6.07, 6.45) is 8.90. The lowest BCUT2D eigenvalue weighted by atomic mass is 10.0. The molecular weight excluding hydrogens is 231 g/mol. The van der Waals surface area contributed by atoms with E-state index in [-0.39, 0.29) is 0 Å². The highest BCUT2D eigenvalue weighted by atomic mass is 31.2. The Morgan fingerprint density at radius 3 is 3.00 bits per heavy atom. The van der Waals surface area contributed by atoms with Crippen LogP contribution in [0, 0.1) is 0 Å². The zero-order valence-electron chi connectivity index (χ0n) is 9.59. The molecule has 1 aliphatic heterocycles. The van der Waals surface area contributed by atoms with Crippen LogP contribution in [0.4, 0.5) is 0 Å². The van der Waals surface area contributed by atoms with Crippen LogP contribution in [-0.4, -0.2) is 6.66 Å². The summed E-state index contributed by atoms with van der Waals surface area (Å²) >= 11 is 0. The van der Waals surface area contributed by atoms with Crippen LogP contribution in [0.2, 0.25) is 0 Å². The smallest absolute Gasteiger partial charge is 0.274 e. The maximum absolute atomic E-state index is 12.5. The van der Waals surface area contributed by atoms with Gasteiger partial charge in [0, 0.05) is 12.2 Å². The third-order valence-corrected chi connectivity index (χ3v) is 4.82. The summed E-state index contributed by atoms with van der Waals surface area (Å²) in [6, 6.07) is 7.77. The maximum atomic E-state index is 12.5. The molecule has 0 amide bonds. The van der Waals surface area contributed by atoms with Gasteiger partial charge in [-0.1, -0.05) is 36.4 Å². The highest BCUT2D eigenvalue weighted by molar-refractivity contribution is 7.64. The second-order valence-electron chi connectivity index (χ2n) is 4.27. The molecule has 0 radical (unpaired) electrons. The minimum atomic E-state index is -2.74. The zero-order chi connectivity index (χ0) is 11.9. The van der Waals surface area contributed by atoms with E-state index in [1.54, 1.807) is 6.66 Å². The molecule has 2 aliphatic rings. The average molecular weight is 244 g/mol. The lowest BCUT2D eigenvalue weighted by Gasteiger charge is -2.28. The molecule has 2 nitrogen and oxygen atoms in total. The number of allylic oxidation sites excluding steroid dienone is 6. The van der Waals surface area contributed by atoms with Crippen molar-refractivity contribution in [3.8, 4) is 5.75 Å². The predicted molar refractivity (Wildman–Crippen MR) is 70.4 cm³/mol. The van der Waals surface area contributed by atoms with Gasteiger partial charge in [0.25, 0.3) is 7.37 Å². The zero-order valence-corrected chi connectivity index (χ0v) is 10.5. The molecular formula is C14H13O2P. The van der Waals surface area contributed by atoms with Gasteiger partial charge in [-0.25, -0.2) is 0 Å². The Labute approximate surface area is 101 Å². The minimum absolute atomic E-state index is 0.726. The Balaban J connectivity index is 2.29. The molecule has 0 fully saturated rings. The van der Waals surface area contributed by atoms with Crippen molar-refractivity contribution in [1.29, 1.82) is 0 Å². The molecule has 0 saturated heterocycles. The van der Waals surface area contributed by atoms with Gasteiger partial charge in [0.05, 0.1) is 5.31 Å². The molecule has 0 aromatic heterocycles. The molecule has 0 N–H and O–H groups in total. The third-order valence-electron chi connectivity index (χ3n) is 3.01. The number of fused-ring (bicyclic) bond motifs is 3. The summed E-state index contributed by atoms with van der Waals surface area (Å²) in [5, 5.41) is 0.824. The fraction of sp³-hybridized carbons (Fsp3) is 0.143. The van der Waals surface area contributed by atoms with Crippen LogP contribution in [0.3, 0.4) is 0 Å². The van der Waals surface area contributed by atoms with Crippen molar-refractivity contribution in [2.75, 3.05) is 6.66 Å². The standard InChI is InChI=1S/C14H13O2P/c1-17(15)14-10-4-2-3-8-12(14)11-7-5-6-9-13(11)16-17/h2,4-10H,3H2,1H3. The molecule has 0 saturated carbocycles. The third kappa shape index (κ3) is 1.69. The topological polar surface area (TPSA) is 26.3 Å². The number of benzene rings is 1. The van der Waals surface area contributed by atoms with Crippen LogP contribution in [0.25, 0.3) is 5.57 Å². The molecule has 3 rings (SSSR count). The summed E-state index contributed by atoms with van der Waals surface area (Å²) < 4.78 is 18.2. The van der Waals surface area contributed by atoms with Crippen molar-refractivity contribution in [2.45, 2.75) is 6.42 Å². The van der Waals surface area contributed by atoms with E-state index in [2.05, 4.69) is 12.2 Å².